The molecule has 0 aliphatic heterocycles. The number of benzene rings is 2. The van der Waals surface area contributed by atoms with E-state index in [4.69, 9.17) is 0 Å². The number of nitrogens with one attached hydrogen (secondary N) is 2. The molecule has 0 atom stereocenters. The standard InChI is InChI=1S/C17H23N3/c1-17(2,3)20-16(18-4)19-12-13-9-10-14-7-5-6-8-15(14)11-13/h5-11H,12H2,1-4H3,(H2,18,19,20). The molecular formula is C17H23N3. The van der Waals surface area contributed by atoms with Gasteiger partial charge in [-0.3, -0.25) is 4.99 Å². The SMILES string of the molecule is CN=C(NCc1ccc2ccccc2c1)NC(C)(C)C. The lowest BCUT2D eigenvalue weighted by Gasteiger charge is -2.23. The molecule has 106 valence electrons. The van der Waals surface area contributed by atoms with Crippen LogP contribution in [0.2, 0.25) is 0 Å². The first-order valence-corrected chi connectivity index (χ1v) is 6.94. The normalized spacial score (nSPS) is 12.5. The molecule has 20 heavy (non-hydrogen) atoms. The van der Waals surface area contributed by atoms with Crippen molar-refractivity contribution in [2.45, 2.75) is 32.9 Å². The molecular weight excluding hydrogens is 246 g/mol. The van der Waals surface area contributed by atoms with E-state index < -0.39 is 0 Å². The average Bonchev–Trinajstić information content (AvgIpc) is 2.42. The molecule has 3 heteroatoms. The maximum Gasteiger partial charge on any atom is 0.191 e. The Morgan fingerprint density at radius 1 is 1.05 bits per heavy atom. The summed E-state index contributed by atoms with van der Waals surface area (Å²) in [5.74, 6) is 0.825. The molecule has 2 rings (SSSR count). The molecule has 0 bridgehead atoms. The lowest BCUT2D eigenvalue weighted by molar-refractivity contribution is 0.501. The third kappa shape index (κ3) is 3.98. The Labute approximate surface area is 121 Å². The van der Waals surface area contributed by atoms with Crippen LogP contribution in [-0.2, 0) is 6.54 Å². The van der Waals surface area contributed by atoms with Crippen LogP contribution in [0.4, 0.5) is 0 Å². The van der Waals surface area contributed by atoms with Gasteiger partial charge in [-0.2, -0.15) is 0 Å². The highest BCUT2D eigenvalue weighted by Crippen LogP contribution is 2.15. The summed E-state index contributed by atoms with van der Waals surface area (Å²) < 4.78 is 0. The molecule has 2 N–H and O–H groups in total. The third-order valence-electron chi connectivity index (χ3n) is 2.99. The fraction of sp³-hybridized carbons (Fsp3) is 0.353. The molecule has 0 radical (unpaired) electrons. The van der Waals surface area contributed by atoms with Crippen molar-refractivity contribution in [2.75, 3.05) is 7.05 Å². The van der Waals surface area contributed by atoms with Crippen LogP contribution >= 0.6 is 0 Å². The summed E-state index contributed by atoms with van der Waals surface area (Å²) in [6.07, 6.45) is 0. The molecule has 0 spiro atoms. The molecule has 0 aliphatic rings. The van der Waals surface area contributed by atoms with Gasteiger partial charge in [0.2, 0.25) is 0 Å². The van der Waals surface area contributed by atoms with Gasteiger partial charge in [-0.25, -0.2) is 0 Å². The van der Waals surface area contributed by atoms with Crippen LogP contribution in [0.25, 0.3) is 10.8 Å². The minimum absolute atomic E-state index is 0.00519. The highest BCUT2D eigenvalue weighted by molar-refractivity contribution is 5.83. The maximum absolute atomic E-state index is 4.25. The molecule has 3 nitrogen and oxygen atoms in total. The van der Waals surface area contributed by atoms with Crippen LogP contribution in [0, 0.1) is 0 Å². The van der Waals surface area contributed by atoms with Gasteiger partial charge in [-0.05, 0) is 43.2 Å². The summed E-state index contributed by atoms with van der Waals surface area (Å²) >= 11 is 0. The number of aliphatic imine (C=N–C) groups is 1. The predicted molar refractivity (Wildman–Crippen MR) is 87.0 cm³/mol. The lowest BCUT2D eigenvalue weighted by Crippen LogP contribution is -2.47. The second kappa shape index (κ2) is 5.95. The summed E-state index contributed by atoms with van der Waals surface area (Å²) in [6.45, 7) is 7.13. The zero-order valence-electron chi connectivity index (χ0n) is 12.7. The van der Waals surface area contributed by atoms with E-state index in [0.717, 1.165) is 12.5 Å². The molecule has 0 aliphatic carbocycles. The van der Waals surface area contributed by atoms with E-state index in [1.165, 1.54) is 16.3 Å². The van der Waals surface area contributed by atoms with E-state index in [-0.39, 0.29) is 5.54 Å². The van der Waals surface area contributed by atoms with Gasteiger partial charge in [-0.15, -0.1) is 0 Å². The van der Waals surface area contributed by atoms with Crippen LogP contribution in [0.1, 0.15) is 26.3 Å². The number of fused-ring (bicyclic) bond motifs is 1. The second-order valence-corrected chi connectivity index (χ2v) is 5.98. The van der Waals surface area contributed by atoms with Gasteiger partial charge in [0.05, 0.1) is 0 Å². The maximum atomic E-state index is 4.25. The van der Waals surface area contributed by atoms with Gasteiger partial charge in [0.15, 0.2) is 5.96 Å². The molecule has 2 aromatic carbocycles. The number of guanidine groups is 1. The van der Waals surface area contributed by atoms with Crippen LogP contribution in [0.3, 0.4) is 0 Å². The van der Waals surface area contributed by atoms with Crippen LogP contribution < -0.4 is 10.6 Å². The fourth-order valence-electron chi connectivity index (χ4n) is 2.07. The van der Waals surface area contributed by atoms with Crippen LogP contribution in [-0.4, -0.2) is 18.5 Å². The van der Waals surface area contributed by atoms with E-state index in [9.17, 15) is 0 Å². The van der Waals surface area contributed by atoms with E-state index in [1.54, 1.807) is 7.05 Å². The summed E-state index contributed by atoms with van der Waals surface area (Å²) in [7, 11) is 1.79. The molecule has 0 saturated carbocycles. The van der Waals surface area contributed by atoms with Crippen molar-refractivity contribution in [3.8, 4) is 0 Å². The Morgan fingerprint density at radius 2 is 1.75 bits per heavy atom. The second-order valence-electron chi connectivity index (χ2n) is 5.98. The summed E-state index contributed by atoms with van der Waals surface area (Å²) in [5.41, 5.74) is 1.26. The molecule has 2 aromatic rings. The Kier molecular flexibility index (Phi) is 4.28. The Bertz CT molecular complexity index is 609. The van der Waals surface area contributed by atoms with Crippen molar-refractivity contribution in [1.82, 2.24) is 10.6 Å². The van der Waals surface area contributed by atoms with Gasteiger partial charge in [-0.1, -0.05) is 36.4 Å². The molecule has 0 aromatic heterocycles. The van der Waals surface area contributed by atoms with Crippen molar-refractivity contribution in [3.05, 3.63) is 48.0 Å². The van der Waals surface area contributed by atoms with Crippen molar-refractivity contribution >= 4 is 16.7 Å². The summed E-state index contributed by atoms with van der Waals surface area (Å²) in [5, 5.41) is 9.24. The highest BCUT2D eigenvalue weighted by Gasteiger charge is 2.11. The zero-order valence-corrected chi connectivity index (χ0v) is 12.7. The number of nitrogens with zero attached hydrogens (tertiary/aromatic N) is 1. The largest absolute Gasteiger partial charge is 0.352 e. The molecule has 0 heterocycles. The van der Waals surface area contributed by atoms with Crippen molar-refractivity contribution < 1.29 is 0 Å². The summed E-state index contributed by atoms with van der Waals surface area (Å²) in [4.78, 5) is 4.25. The number of hydrogen-bond donors (Lipinski definition) is 2. The van der Waals surface area contributed by atoms with Gasteiger partial charge in [0.1, 0.15) is 0 Å². The van der Waals surface area contributed by atoms with Gasteiger partial charge in [0, 0.05) is 19.1 Å². The minimum Gasteiger partial charge on any atom is -0.352 e. The van der Waals surface area contributed by atoms with Gasteiger partial charge >= 0.3 is 0 Å². The van der Waals surface area contributed by atoms with Crippen molar-refractivity contribution in [1.29, 1.82) is 0 Å². The smallest absolute Gasteiger partial charge is 0.191 e. The Balaban J connectivity index is 2.05. The first-order chi connectivity index (χ1) is 9.48. The Hall–Kier alpha value is -2.03. The van der Waals surface area contributed by atoms with E-state index in [1.807, 2.05) is 0 Å². The monoisotopic (exact) mass is 269 g/mol. The van der Waals surface area contributed by atoms with Crippen molar-refractivity contribution in [3.63, 3.8) is 0 Å². The molecule has 0 saturated heterocycles. The molecule has 0 unspecified atom stereocenters. The average molecular weight is 269 g/mol. The van der Waals surface area contributed by atoms with Gasteiger partial charge in [0.25, 0.3) is 0 Å². The van der Waals surface area contributed by atoms with Gasteiger partial charge < -0.3 is 10.6 Å². The number of hydrogen-bond acceptors (Lipinski definition) is 1. The fourth-order valence-corrected chi connectivity index (χ4v) is 2.07. The zero-order chi connectivity index (χ0) is 14.6. The van der Waals surface area contributed by atoms with Crippen LogP contribution in [0.5, 0.6) is 0 Å². The number of rotatable bonds is 2. The molecule has 0 fully saturated rings. The Morgan fingerprint density at radius 3 is 2.40 bits per heavy atom. The molecule has 0 amide bonds. The first-order valence-electron chi connectivity index (χ1n) is 6.94. The van der Waals surface area contributed by atoms with Crippen LogP contribution in [0.15, 0.2) is 47.5 Å². The van der Waals surface area contributed by atoms with Crippen molar-refractivity contribution in [2.24, 2.45) is 4.99 Å². The third-order valence-corrected chi connectivity index (χ3v) is 2.99. The highest BCUT2D eigenvalue weighted by atomic mass is 15.2. The lowest BCUT2D eigenvalue weighted by atomic mass is 10.1. The van der Waals surface area contributed by atoms with E-state index in [0.29, 0.717) is 0 Å². The first kappa shape index (κ1) is 14.4. The summed E-state index contributed by atoms with van der Waals surface area (Å²) in [6, 6.07) is 14.9. The predicted octanol–water partition coefficient (Wildman–Crippen LogP) is 3.30. The van der Waals surface area contributed by atoms with E-state index >= 15 is 0 Å². The quantitative estimate of drug-likeness (QED) is 0.648. The van der Waals surface area contributed by atoms with E-state index in [2.05, 4.69) is 78.9 Å². The minimum atomic E-state index is 0.00519. The topological polar surface area (TPSA) is 36.4 Å².